The third-order valence-electron chi connectivity index (χ3n) is 5.30. The standard InChI is InChI=1S/C18H24BN3O4S/c1-11(2)4-6-27(24,25)22-13-7-12(8-13)15-9-19(23)26-16-10-21-18-14(17(15)16)3-5-20-18/h3,5,9-13,22-23H,4,6-8H2,1-2H3,(H,20,21)/t12-,13+. The summed E-state index contributed by atoms with van der Waals surface area (Å²) in [5.74, 6) is 3.00. The van der Waals surface area contributed by atoms with Gasteiger partial charge in [0.2, 0.25) is 10.0 Å². The van der Waals surface area contributed by atoms with Crippen LogP contribution in [-0.2, 0) is 10.0 Å². The molecule has 0 aromatic carbocycles. The van der Waals surface area contributed by atoms with Crippen molar-refractivity contribution in [3.63, 3.8) is 0 Å². The van der Waals surface area contributed by atoms with Crippen molar-refractivity contribution in [3.05, 3.63) is 30.0 Å². The van der Waals surface area contributed by atoms with Crippen LogP contribution in [0, 0.1) is 11.8 Å². The highest BCUT2D eigenvalue weighted by atomic mass is 32.2. The van der Waals surface area contributed by atoms with E-state index in [1.165, 1.54) is 0 Å². The Morgan fingerprint density at radius 3 is 2.96 bits per heavy atom. The molecule has 2 aromatic heterocycles. The minimum atomic E-state index is -3.25. The molecule has 7 nitrogen and oxygen atoms in total. The number of nitrogens with one attached hydrogen (secondary N) is 2. The molecule has 3 N–H and O–H groups in total. The van der Waals surface area contributed by atoms with Crippen LogP contribution in [0.4, 0.5) is 0 Å². The lowest BCUT2D eigenvalue weighted by Crippen LogP contribution is -2.46. The number of hydrogen-bond acceptors (Lipinski definition) is 5. The first-order valence-electron chi connectivity index (χ1n) is 9.35. The zero-order valence-electron chi connectivity index (χ0n) is 15.5. The molecular formula is C18H24BN3O4S. The first kappa shape index (κ1) is 18.5. The van der Waals surface area contributed by atoms with Gasteiger partial charge in [-0.3, -0.25) is 0 Å². The Hall–Kier alpha value is -1.84. The Labute approximate surface area is 159 Å². The molecule has 0 spiro atoms. The van der Waals surface area contributed by atoms with Crippen LogP contribution in [0.2, 0.25) is 0 Å². The highest BCUT2D eigenvalue weighted by Gasteiger charge is 2.38. The lowest BCUT2D eigenvalue weighted by Gasteiger charge is -2.39. The molecule has 2 aromatic rings. The van der Waals surface area contributed by atoms with Gasteiger partial charge in [0.05, 0.1) is 11.9 Å². The molecule has 0 atom stereocenters. The first-order valence-corrected chi connectivity index (χ1v) is 11.0. The van der Waals surface area contributed by atoms with Crippen LogP contribution in [0.1, 0.15) is 38.7 Å². The fraction of sp³-hybridized carbons (Fsp3) is 0.500. The molecule has 0 unspecified atom stereocenters. The van der Waals surface area contributed by atoms with Crippen LogP contribution >= 0.6 is 0 Å². The van der Waals surface area contributed by atoms with E-state index < -0.39 is 17.1 Å². The molecule has 0 saturated heterocycles. The highest BCUT2D eigenvalue weighted by molar-refractivity contribution is 7.89. The maximum atomic E-state index is 12.2. The monoisotopic (exact) mass is 389 g/mol. The number of sulfonamides is 1. The summed E-state index contributed by atoms with van der Waals surface area (Å²) in [6.07, 6.45) is 5.54. The number of allylic oxidation sites excluding steroid dienone is 1. The molecule has 0 radical (unpaired) electrons. The third kappa shape index (κ3) is 3.76. The van der Waals surface area contributed by atoms with Crippen molar-refractivity contribution in [1.82, 2.24) is 14.7 Å². The van der Waals surface area contributed by atoms with Gasteiger partial charge in [-0.25, -0.2) is 18.1 Å². The van der Waals surface area contributed by atoms with Crippen molar-refractivity contribution in [3.8, 4) is 5.75 Å². The Bertz CT molecular complexity index is 980. The molecule has 1 aliphatic carbocycles. The molecule has 3 heterocycles. The van der Waals surface area contributed by atoms with Gasteiger partial charge in [-0.15, -0.1) is 0 Å². The van der Waals surface area contributed by atoms with Crippen LogP contribution < -0.4 is 9.38 Å². The van der Waals surface area contributed by atoms with E-state index in [0.717, 1.165) is 22.2 Å². The Balaban J connectivity index is 1.49. The summed E-state index contributed by atoms with van der Waals surface area (Å²) in [5.41, 5.74) is 2.72. The Kier molecular flexibility index (Phi) is 4.77. The molecule has 0 amide bonds. The van der Waals surface area contributed by atoms with E-state index in [1.807, 2.05) is 26.1 Å². The quantitative estimate of drug-likeness (QED) is 0.657. The highest BCUT2D eigenvalue weighted by Crippen LogP contribution is 2.46. The summed E-state index contributed by atoms with van der Waals surface area (Å²) in [5, 5.41) is 11.0. The van der Waals surface area contributed by atoms with Crippen molar-refractivity contribution >= 4 is 33.7 Å². The van der Waals surface area contributed by atoms with Crippen LogP contribution in [0.25, 0.3) is 16.6 Å². The van der Waals surface area contributed by atoms with E-state index in [2.05, 4.69) is 14.7 Å². The summed E-state index contributed by atoms with van der Waals surface area (Å²) >= 11 is 0. The largest absolute Gasteiger partial charge is 0.552 e. The van der Waals surface area contributed by atoms with Crippen LogP contribution in [0.5, 0.6) is 5.75 Å². The number of pyridine rings is 1. The van der Waals surface area contributed by atoms with Gasteiger partial charge in [-0.05, 0) is 48.7 Å². The number of aromatic amines is 1. The van der Waals surface area contributed by atoms with Gasteiger partial charge in [0.1, 0.15) is 11.4 Å². The van der Waals surface area contributed by atoms with Gasteiger partial charge in [-0.2, -0.15) is 0 Å². The van der Waals surface area contributed by atoms with E-state index in [9.17, 15) is 13.4 Å². The number of hydrogen-bond donors (Lipinski definition) is 3. The van der Waals surface area contributed by atoms with Gasteiger partial charge < -0.3 is 14.7 Å². The number of rotatable bonds is 6. The number of H-pyrrole nitrogens is 1. The summed E-state index contributed by atoms with van der Waals surface area (Å²) in [6, 6.07) is 1.89. The van der Waals surface area contributed by atoms with Gasteiger partial charge in [-0.1, -0.05) is 13.8 Å². The van der Waals surface area contributed by atoms with Gasteiger partial charge in [0, 0.05) is 23.2 Å². The summed E-state index contributed by atoms with van der Waals surface area (Å²) in [6.45, 7) is 4.04. The molecule has 9 heteroatoms. The smallest absolute Gasteiger partial charge is 0.531 e. The third-order valence-corrected chi connectivity index (χ3v) is 6.76. The van der Waals surface area contributed by atoms with Crippen molar-refractivity contribution in [2.45, 2.75) is 39.2 Å². The molecule has 1 aliphatic heterocycles. The second-order valence-corrected chi connectivity index (χ2v) is 9.73. The molecule has 0 bridgehead atoms. The summed E-state index contributed by atoms with van der Waals surface area (Å²) in [7, 11) is -4.25. The number of nitrogens with zero attached hydrogens (tertiary/aromatic N) is 1. The van der Waals surface area contributed by atoms with Gasteiger partial charge in [0.25, 0.3) is 0 Å². The van der Waals surface area contributed by atoms with Crippen LogP contribution in [-0.4, -0.2) is 42.3 Å². The van der Waals surface area contributed by atoms with E-state index in [4.69, 9.17) is 4.65 Å². The van der Waals surface area contributed by atoms with Crippen LogP contribution in [0.3, 0.4) is 0 Å². The molecular weight excluding hydrogens is 365 g/mol. The maximum Gasteiger partial charge on any atom is 0.552 e. The summed E-state index contributed by atoms with van der Waals surface area (Å²) < 4.78 is 32.8. The summed E-state index contributed by atoms with van der Waals surface area (Å²) in [4.78, 5) is 7.41. The first-order chi connectivity index (χ1) is 12.8. The van der Waals surface area contributed by atoms with Crippen molar-refractivity contribution in [2.24, 2.45) is 11.8 Å². The lowest BCUT2D eigenvalue weighted by molar-refractivity contribution is 0.308. The SMILES string of the molecule is CC(C)CCS(=O)(=O)N[C@H]1C[C@@H](C2=CB(O)Oc3cnc4[nH]ccc4c32)C1. The van der Waals surface area contributed by atoms with Crippen molar-refractivity contribution < 1.29 is 18.1 Å². The predicted octanol–water partition coefficient (Wildman–Crippen LogP) is 2.10. The Morgan fingerprint density at radius 1 is 1.44 bits per heavy atom. The van der Waals surface area contributed by atoms with Crippen molar-refractivity contribution in [2.75, 3.05) is 5.75 Å². The zero-order chi connectivity index (χ0) is 19.2. The second kappa shape index (κ2) is 6.96. The fourth-order valence-corrected chi connectivity index (χ4v) is 5.39. The van der Waals surface area contributed by atoms with E-state index >= 15 is 0 Å². The topological polar surface area (TPSA) is 104 Å². The molecule has 1 fully saturated rings. The predicted molar refractivity (Wildman–Crippen MR) is 106 cm³/mol. The minimum absolute atomic E-state index is 0.0555. The fourth-order valence-electron chi connectivity index (χ4n) is 3.79. The molecule has 1 saturated carbocycles. The number of fused-ring (bicyclic) bond motifs is 3. The lowest BCUT2D eigenvalue weighted by atomic mass is 9.68. The normalized spacial score (nSPS) is 22.4. The van der Waals surface area contributed by atoms with Crippen molar-refractivity contribution in [1.29, 1.82) is 0 Å². The molecule has 144 valence electrons. The Morgan fingerprint density at radius 2 is 2.22 bits per heavy atom. The second-order valence-electron chi connectivity index (χ2n) is 7.85. The number of aromatic nitrogens is 2. The van der Waals surface area contributed by atoms with E-state index in [1.54, 1.807) is 12.2 Å². The molecule has 27 heavy (non-hydrogen) atoms. The minimum Gasteiger partial charge on any atom is -0.531 e. The van der Waals surface area contributed by atoms with Gasteiger partial charge >= 0.3 is 7.12 Å². The average Bonchev–Trinajstić information content (AvgIpc) is 3.04. The molecule has 4 rings (SSSR count). The molecule has 2 aliphatic rings. The maximum absolute atomic E-state index is 12.2. The zero-order valence-corrected chi connectivity index (χ0v) is 16.3. The van der Waals surface area contributed by atoms with Crippen LogP contribution in [0.15, 0.2) is 24.4 Å². The van der Waals surface area contributed by atoms with E-state index in [0.29, 0.717) is 30.9 Å². The van der Waals surface area contributed by atoms with E-state index in [-0.39, 0.29) is 17.7 Å². The van der Waals surface area contributed by atoms with Gasteiger partial charge in [0.15, 0.2) is 0 Å². The average molecular weight is 389 g/mol.